The molecule has 3 aromatic carbocycles. The number of benzene rings is 3. The summed E-state index contributed by atoms with van der Waals surface area (Å²) in [7, 11) is 0. The molecular formula is C25H18BrNO2. The van der Waals surface area contributed by atoms with E-state index in [0.717, 1.165) is 4.47 Å². The smallest absolute Gasteiger partial charge is 0.238 e. The normalized spacial score (nSPS) is 28.9. The molecule has 4 aliphatic rings. The van der Waals surface area contributed by atoms with Crippen molar-refractivity contribution in [2.24, 2.45) is 11.8 Å². The van der Waals surface area contributed by atoms with Gasteiger partial charge in [0, 0.05) is 15.8 Å². The summed E-state index contributed by atoms with van der Waals surface area (Å²) in [5.41, 5.74) is 4.88. The lowest BCUT2D eigenvalue weighted by atomic mass is 9.48. The summed E-state index contributed by atoms with van der Waals surface area (Å²) in [4.78, 5) is 28.8. The summed E-state index contributed by atoms with van der Waals surface area (Å²) >= 11 is 3.43. The first-order valence-corrected chi connectivity index (χ1v) is 10.6. The van der Waals surface area contributed by atoms with Crippen LogP contribution >= 0.6 is 15.9 Å². The number of imide groups is 1. The molecule has 0 aromatic heterocycles. The highest BCUT2D eigenvalue weighted by Crippen LogP contribution is 2.64. The van der Waals surface area contributed by atoms with E-state index in [2.05, 4.69) is 47.1 Å². The molecule has 2 atom stereocenters. The van der Waals surface area contributed by atoms with Crippen LogP contribution in [0.1, 0.15) is 35.1 Å². The Morgan fingerprint density at radius 1 is 0.793 bits per heavy atom. The number of carbonyl (C=O) groups is 2. The Hall–Kier alpha value is -2.72. The number of halogens is 1. The monoisotopic (exact) mass is 443 g/mol. The zero-order valence-electron chi connectivity index (χ0n) is 15.8. The first kappa shape index (κ1) is 17.2. The molecule has 29 heavy (non-hydrogen) atoms. The average molecular weight is 444 g/mol. The third-order valence-electron chi connectivity index (χ3n) is 7.13. The van der Waals surface area contributed by atoms with E-state index in [1.165, 1.54) is 27.2 Å². The van der Waals surface area contributed by atoms with Crippen LogP contribution in [0.25, 0.3) is 0 Å². The van der Waals surface area contributed by atoms with Crippen LogP contribution in [-0.2, 0) is 15.0 Å². The molecule has 1 aliphatic heterocycles. The van der Waals surface area contributed by atoms with Crippen LogP contribution in [-0.4, -0.2) is 11.8 Å². The third kappa shape index (κ3) is 1.98. The maximum atomic E-state index is 13.7. The van der Waals surface area contributed by atoms with E-state index in [9.17, 15) is 9.59 Å². The second-order valence-corrected chi connectivity index (χ2v) is 9.26. The number of carbonyl (C=O) groups excluding carboxylic acids is 2. The molecule has 0 N–H and O–H groups in total. The number of hydrogen-bond acceptors (Lipinski definition) is 2. The highest BCUT2D eigenvalue weighted by atomic mass is 79.9. The molecule has 0 saturated carbocycles. The van der Waals surface area contributed by atoms with Gasteiger partial charge in [0.1, 0.15) is 0 Å². The van der Waals surface area contributed by atoms with Gasteiger partial charge in [-0.2, -0.15) is 0 Å². The van der Waals surface area contributed by atoms with Crippen molar-refractivity contribution in [2.75, 3.05) is 4.90 Å². The Labute approximate surface area is 177 Å². The van der Waals surface area contributed by atoms with Crippen molar-refractivity contribution in [3.63, 3.8) is 0 Å². The van der Waals surface area contributed by atoms with Crippen LogP contribution in [0.5, 0.6) is 0 Å². The van der Waals surface area contributed by atoms with Gasteiger partial charge in [0.2, 0.25) is 11.8 Å². The van der Waals surface area contributed by atoms with Gasteiger partial charge in [-0.15, -0.1) is 0 Å². The Morgan fingerprint density at radius 2 is 1.34 bits per heavy atom. The maximum Gasteiger partial charge on any atom is 0.238 e. The second kappa shape index (κ2) is 5.67. The predicted molar refractivity (Wildman–Crippen MR) is 115 cm³/mol. The third-order valence-corrected chi connectivity index (χ3v) is 7.66. The van der Waals surface area contributed by atoms with Gasteiger partial charge in [-0.1, -0.05) is 71.4 Å². The lowest BCUT2D eigenvalue weighted by molar-refractivity contribution is -0.123. The van der Waals surface area contributed by atoms with E-state index in [-0.39, 0.29) is 29.6 Å². The van der Waals surface area contributed by atoms with E-state index in [4.69, 9.17) is 0 Å². The van der Waals surface area contributed by atoms with E-state index in [1.807, 2.05) is 48.5 Å². The molecule has 1 heterocycles. The van der Waals surface area contributed by atoms with Gasteiger partial charge in [0.15, 0.2) is 0 Å². The first-order chi connectivity index (χ1) is 14.0. The van der Waals surface area contributed by atoms with Crippen LogP contribution in [0, 0.1) is 11.8 Å². The van der Waals surface area contributed by atoms with Crippen molar-refractivity contribution in [2.45, 2.75) is 18.3 Å². The van der Waals surface area contributed by atoms with Gasteiger partial charge >= 0.3 is 0 Å². The van der Waals surface area contributed by atoms with E-state index in [1.54, 1.807) is 0 Å². The first-order valence-electron chi connectivity index (χ1n) is 9.85. The van der Waals surface area contributed by atoms with Crippen LogP contribution in [0.3, 0.4) is 0 Å². The largest absolute Gasteiger partial charge is 0.274 e. The summed E-state index contributed by atoms with van der Waals surface area (Å²) in [6.07, 6.45) is 0. The van der Waals surface area contributed by atoms with E-state index in [0.29, 0.717) is 5.69 Å². The summed E-state index contributed by atoms with van der Waals surface area (Å²) in [6, 6.07) is 24.1. The van der Waals surface area contributed by atoms with Crippen LogP contribution in [0.4, 0.5) is 5.69 Å². The fourth-order valence-corrected chi connectivity index (χ4v) is 6.26. The second-order valence-electron chi connectivity index (χ2n) is 8.35. The molecule has 3 aliphatic carbocycles. The minimum atomic E-state index is -0.510. The van der Waals surface area contributed by atoms with Crippen molar-refractivity contribution in [1.29, 1.82) is 0 Å². The van der Waals surface area contributed by atoms with Crippen molar-refractivity contribution in [1.82, 2.24) is 0 Å². The fraction of sp³-hybridized carbons (Fsp3) is 0.200. The molecule has 2 amide bonds. The zero-order valence-corrected chi connectivity index (χ0v) is 17.4. The van der Waals surface area contributed by atoms with Gasteiger partial charge < -0.3 is 0 Å². The number of hydrogen-bond donors (Lipinski definition) is 0. The SMILES string of the molecule is CC12c3ccccc3C(c3ccccc31)[C@H]1C(=O)N(c3ccc(Br)cc3)C(=O)[C@H]12. The van der Waals surface area contributed by atoms with Gasteiger partial charge in [-0.25, -0.2) is 4.90 Å². The Morgan fingerprint density at radius 3 is 1.93 bits per heavy atom. The summed E-state index contributed by atoms with van der Waals surface area (Å²) in [5.74, 6) is -0.984. The van der Waals surface area contributed by atoms with Crippen molar-refractivity contribution < 1.29 is 9.59 Å². The van der Waals surface area contributed by atoms with Gasteiger partial charge in [-0.3, -0.25) is 9.59 Å². The molecule has 0 unspecified atom stereocenters. The van der Waals surface area contributed by atoms with E-state index >= 15 is 0 Å². The lowest BCUT2D eigenvalue weighted by Gasteiger charge is -2.52. The molecule has 1 saturated heterocycles. The molecule has 3 aromatic rings. The van der Waals surface area contributed by atoms with Gasteiger partial charge in [0.05, 0.1) is 17.5 Å². The lowest BCUT2D eigenvalue weighted by Crippen LogP contribution is -2.51. The molecule has 0 spiro atoms. The Bertz CT molecular complexity index is 1150. The van der Waals surface area contributed by atoms with Crippen LogP contribution in [0.2, 0.25) is 0 Å². The molecule has 1 fully saturated rings. The Balaban J connectivity index is 1.61. The van der Waals surface area contributed by atoms with Gasteiger partial charge in [-0.05, 0) is 46.5 Å². The number of rotatable bonds is 1. The summed E-state index contributed by atoms with van der Waals surface area (Å²) in [5, 5.41) is 0. The molecule has 142 valence electrons. The quantitative estimate of drug-likeness (QED) is 0.495. The summed E-state index contributed by atoms with van der Waals surface area (Å²) in [6.45, 7) is 2.15. The molecule has 4 heteroatoms. The predicted octanol–water partition coefficient (Wildman–Crippen LogP) is 5.02. The Kier molecular flexibility index (Phi) is 3.35. The van der Waals surface area contributed by atoms with Crippen molar-refractivity contribution >= 4 is 33.4 Å². The highest BCUT2D eigenvalue weighted by molar-refractivity contribution is 9.10. The maximum absolute atomic E-state index is 13.7. The number of nitrogens with zero attached hydrogens (tertiary/aromatic N) is 1. The van der Waals surface area contributed by atoms with Gasteiger partial charge in [0.25, 0.3) is 0 Å². The van der Waals surface area contributed by atoms with Crippen molar-refractivity contribution in [3.8, 4) is 0 Å². The standard InChI is InChI=1S/C25H18BrNO2/c1-25-18-8-4-2-6-16(18)20(17-7-3-5-9-19(17)25)21-22(25)24(29)27(23(21)28)15-12-10-14(26)11-13-15/h2-13,20-22H,1H3/t20?,21-,22+,25?/m1/s1. The van der Waals surface area contributed by atoms with Crippen molar-refractivity contribution in [3.05, 3.63) is 99.5 Å². The zero-order chi connectivity index (χ0) is 19.9. The van der Waals surface area contributed by atoms with E-state index < -0.39 is 5.41 Å². The number of anilines is 1. The van der Waals surface area contributed by atoms with Crippen LogP contribution in [0.15, 0.2) is 77.3 Å². The average Bonchev–Trinajstić information content (AvgIpc) is 3.01. The molecular weight excluding hydrogens is 426 g/mol. The van der Waals surface area contributed by atoms with Crippen LogP contribution < -0.4 is 4.90 Å². The highest BCUT2D eigenvalue weighted by Gasteiger charge is 2.66. The molecule has 7 rings (SSSR count). The minimum absolute atomic E-state index is 0.0777. The number of amides is 2. The molecule has 2 bridgehead atoms. The minimum Gasteiger partial charge on any atom is -0.274 e. The molecule has 3 nitrogen and oxygen atoms in total. The fourth-order valence-electron chi connectivity index (χ4n) is 6.00. The topological polar surface area (TPSA) is 37.4 Å². The molecule has 0 radical (unpaired) electrons. The summed E-state index contributed by atoms with van der Waals surface area (Å²) < 4.78 is 0.921.